The third-order valence-electron chi connectivity index (χ3n) is 3.26. The second kappa shape index (κ2) is 9.79. The van der Waals surface area contributed by atoms with E-state index in [-0.39, 0.29) is 0 Å². The largest absolute Gasteiger partial charge is 0.383 e. The van der Waals surface area contributed by atoms with Crippen molar-refractivity contribution in [1.29, 1.82) is 0 Å². The zero-order valence-electron chi connectivity index (χ0n) is 13.5. The van der Waals surface area contributed by atoms with Crippen LogP contribution in [0.1, 0.15) is 51.3 Å². The molecule has 0 aliphatic carbocycles. The number of nitrogens with zero attached hydrogens (tertiary/aromatic N) is 1. The minimum absolute atomic E-state index is 0.359. The molecule has 1 aromatic rings. The van der Waals surface area contributed by atoms with Gasteiger partial charge in [0, 0.05) is 18.0 Å². The first-order valence-electron chi connectivity index (χ1n) is 7.88. The van der Waals surface area contributed by atoms with E-state index in [1.807, 2.05) is 31.4 Å². The third kappa shape index (κ3) is 6.96. The van der Waals surface area contributed by atoms with Crippen LogP contribution in [-0.4, -0.2) is 30.7 Å². The molecule has 5 heteroatoms. The molecule has 0 fully saturated rings. The summed E-state index contributed by atoms with van der Waals surface area (Å²) < 4.78 is 0. The summed E-state index contributed by atoms with van der Waals surface area (Å²) in [5.74, 6) is 0.783. The van der Waals surface area contributed by atoms with Gasteiger partial charge in [0.15, 0.2) is 5.96 Å². The Morgan fingerprint density at radius 1 is 1.29 bits per heavy atom. The van der Waals surface area contributed by atoms with Crippen molar-refractivity contribution in [2.75, 3.05) is 19.6 Å². The molecule has 1 heterocycles. The summed E-state index contributed by atoms with van der Waals surface area (Å²) in [4.78, 5) is 5.46. The van der Waals surface area contributed by atoms with E-state index in [1.165, 1.54) is 19.3 Å². The minimum Gasteiger partial charge on any atom is -0.383 e. The van der Waals surface area contributed by atoms with Crippen molar-refractivity contribution < 1.29 is 5.11 Å². The summed E-state index contributed by atoms with van der Waals surface area (Å²) in [5.41, 5.74) is -0.904. The van der Waals surface area contributed by atoms with Crippen molar-refractivity contribution in [2.45, 2.75) is 52.1 Å². The monoisotopic (exact) mass is 311 g/mol. The molecule has 3 N–H and O–H groups in total. The Labute approximate surface area is 132 Å². The van der Waals surface area contributed by atoms with E-state index in [0.717, 1.165) is 30.3 Å². The first-order chi connectivity index (χ1) is 10.1. The molecular formula is C16H29N3OS. The maximum atomic E-state index is 10.5. The van der Waals surface area contributed by atoms with E-state index in [4.69, 9.17) is 0 Å². The lowest BCUT2D eigenvalue weighted by Crippen LogP contribution is -2.39. The van der Waals surface area contributed by atoms with Gasteiger partial charge in [0.25, 0.3) is 0 Å². The number of guanidine groups is 1. The predicted octanol–water partition coefficient (Wildman–Crippen LogP) is 3.09. The highest BCUT2D eigenvalue weighted by Crippen LogP contribution is 2.25. The number of hydrogen-bond acceptors (Lipinski definition) is 3. The highest BCUT2D eigenvalue weighted by Gasteiger charge is 2.23. The minimum atomic E-state index is -0.904. The summed E-state index contributed by atoms with van der Waals surface area (Å²) in [7, 11) is 0. The van der Waals surface area contributed by atoms with Gasteiger partial charge in [-0.2, -0.15) is 0 Å². The Morgan fingerprint density at radius 3 is 2.71 bits per heavy atom. The smallest absolute Gasteiger partial charge is 0.191 e. The lowest BCUT2D eigenvalue weighted by Gasteiger charge is -2.20. The van der Waals surface area contributed by atoms with Gasteiger partial charge in [0.1, 0.15) is 5.60 Å². The van der Waals surface area contributed by atoms with Crippen LogP contribution in [0.3, 0.4) is 0 Å². The predicted molar refractivity (Wildman–Crippen MR) is 92.0 cm³/mol. The number of nitrogens with one attached hydrogen (secondary N) is 2. The summed E-state index contributed by atoms with van der Waals surface area (Å²) in [6, 6.07) is 3.90. The molecular weight excluding hydrogens is 282 g/mol. The molecule has 0 saturated carbocycles. The Morgan fingerprint density at radius 2 is 2.10 bits per heavy atom. The molecule has 0 spiro atoms. The Kier molecular flexibility index (Phi) is 8.38. The standard InChI is InChI=1S/C16H29N3OS/c1-4-6-7-8-11-18-15(17-5-2)19-13-16(3,20)14-10-9-12-21-14/h9-10,12,20H,4-8,11,13H2,1-3H3,(H2,17,18,19). The number of aliphatic hydroxyl groups is 1. The number of rotatable bonds is 9. The van der Waals surface area contributed by atoms with E-state index in [2.05, 4.69) is 22.5 Å². The van der Waals surface area contributed by atoms with Gasteiger partial charge in [-0.1, -0.05) is 32.3 Å². The van der Waals surface area contributed by atoms with Crippen LogP contribution in [0, 0.1) is 0 Å². The van der Waals surface area contributed by atoms with Crippen LogP contribution in [0.25, 0.3) is 0 Å². The molecule has 0 aliphatic heterocycles. The summed E-state index contributed by atoms with van der Waals surface area (Å²) in [6.45, 7) is 8.18. The summed E-state index contributed by atoms with van der Waals surface area (Å²) in [5, 5.41) is 19.0. The zero-order chi connectivity index (χ0) is 15.6. The van der Waals surface area contributed by atoms with Crippen molar-refractivity contribution >= 4 is 17.3 Å². The van der Waals surface area contributed by atoms with Gasteiger partial charge in [-0.15, -0.1) is 11.3 Å². The topological polar surface area (TPSA) is 56.7 Å². The highest BCUT2D eigenvalue weighted by atomic mass is 32.1. The second-order valence-corrected chi connectivity index (χ2v) is 6.38. The van der Waals surface area contributed by atoms with E-state index < -0.39 is 5.60 Å². The fourth-order valence-corrected chi connectivity index (χ4v) is 2.78. The summed E-state index contributed by atoms with van der Waals surface area (Å²) in [6.07, 6.45) is 4.93. The maximum Gasteiger partial charge on any atom is 0.191 e. The Bertz CT molecular complexity index is 402. The van der Waals surface area contributed by atoms with Crippen molar-refractivity contribution in [3.05, 3.63) is 22.4 Å². The van der Waals surface area contributed by atoms with E-state index in [1.54, 1.807) is 11.3 Å². The van der Waals surface area contributed by atoms with E-state index in [0.29, 0.717) is 6.54 Å². The van der Waals surface area contributed by atoms with E-state index in [9.17, 15) is 5.11 Å². The first kappa shape index (κ1) is 18.0. The molecule has 0 amide bonds. The third-order valence-corrected chi connectivity index (χ3v) is 4.39. The number of unbranched alkanes of at least 4 members (excludes halogenated alkanes) is 3. The molecule has 1 unspecified atom stereocenters. The maximum absolute atomic E-state index is 10.5. The van der Waals surface area contributed by atoms with Crippen LogP contribution in [0.5, 0.6) is 0 Å². The van der Waals surface area contributed by atoms with Crippen LogP contribution in [-0.2, 0) is 5.60 Å². The van der Waals surface area contributed by atoms with Crippen LogP contribution >= 0.6 is 11.3 Å². The second-order valence-electron chi connectivity index (χ2n) is 5.43. The number of thiophene rings is 1. The summed E-state index contributed by atoms with van der Waals surface area (Å²) >= 11 is 1.56. The molecule has 21 heavy (non-hydrogen) atoms. The van der Waals surface area contributed by atoms with Gasteiger partial charge in [-0.25, -0.2) is 4.99 Å². The van der Waals surface area contributed by atoms with Gasteiger partial charge >= 0.3 is 0 Å². The van der Waals surface area contributed by atoms with Crippen molar-refractivity contribution in [3.8, 4) is 0 Å². The van der Waals surface area contributed by atoms with Crippen LogP contribution in [0.2, 0.25) is 0 Å². The molecule has 0 aromatic carbocycles. The number of aliphatic imine (C=N–C) groups is 1. The van der Waals surface area contributed by atoms with Gasteiger partial charge in [0.2, 0.25) is 0 Å². The molecule has 1 rings (SSSR count). The van der Waals surface area contributed by atoms with Crippen LogP contribution in [0.15, 0.2) is 22.5 Å². The Hall–Kier alpha value is -1.07. The van der Waals surface area contributed by atoms with Gasteiger partial charge < -0.3 is 15.7 Å². The quantitative estimate of drug-likeness (QED) is 0.373. The zero-order valence-corrected chi connectivity index (χ0v) is 14.3. The van der Waals surface area contributed by atoms with Crippen molar-refractivity contribution in [1.82, 2.24) is 10.6 Å². The number of hydrogen-bond donors (Lipinski definition) is 3. The van der Waals surface area contributed by atoms with Crippen molar-refractivity contribution in [2.24, 2.45) is 4.99 Å². The van der Waals surface area contributed by atoms with Gasteiger partial charge in [0.05, 0.1) is 6.54 Å². The molecule has 0 radical (unpaired) electrons. The lowest BCUT2D eigenvalue weighted by atomic mass is 10.1. The fraction of sp³-hybridized carbons (Fsp3) is 0.688. The molecule has 0 aliphatic rings. The average molecular weight is 311 g/mol. The fourth-order valence-electron chi connectivity index (χ4n) is 2.00. The molecule has 1 atom stereocenters. The lowest BCUT2D eigenvalue weighted by molar-refractivity contribution is 0.0711. The normalized spacial score (nSPS) is 14.8. The Balaban J connectivity index is 2.47. The molecule has 0 bridgehead atoms. The van der Waals surface area contributed by atoms with Gasteiger partial charge in [-0.05, 0) is 31.7 Å². The van der Waals surface area contributed by atoms with Crippen LogP contribution < -0.4 is 10.6 Å². The molecule has 0 saturated heterocycles. The average Bonchev–Trinajstić information content (AvgIpc) is 2.99. The first-order valence-corrected chi connectivity index (χ1v) is 8.76. The van der Waals surface area contributed by atoms with Crippen molar-refractivity contribution in [3.63, 3.8) is 0 Å². The molecule has 120 valence electrons. The molecule has 4 nitrogen and oxygen atoms in total. The van der Waals surface area contributed by atoms with E-state index >= 15 is 0 Å². The highest BCUT2D eigenvalue weighted by molar-refractivity contribution is 7.10. The van der Waals surface area contributed by atoms with Gasteiger partial charge in [-0.3, -0.25) is 0 Å². The SMILES string of the molecule is CCCCCCNC(=NCC(C)(O)c1cccs1)NCC. The molecule has 1 aromatic heterocycles. The van der Waals surface area contributed by atoms with Crippen LogP contribution in [0.4, 0.5) is 0 Å².